The van der Waals surface area contributed by atoms with E-state index in [0.717, 1.165) is 17.0 Å². The first-order valence-corrected chi connectivity index (χ1v) is 7.81. The molecule has 0 amide bonds. The third-order valence-corrected chi connectivity index (χ3v) is 4.66. The summed E-state index contributed by atoms with van der Waals surface area (Å²) in [5, 5.41) is 13.8. The lowest BCUT2D eigenvalue weighted by molar-refractivity contribution is -0.158. The van der Waals surface area contributed by atoms with Crippen molar-refractivity contribution in [3.63, 3.8) is 0 Å². The molecule has 1 aromatic rings. The minimum Gasteiger partial charge on any atom is -0.497 e. The predicted octanol–water partition coefficient (Wildman–Crippen LogP) is 2.46. The number of hydrogen-bond acceptors (Lipinski definition) is 5. The fourth-order valence-electron chi connectivity index (χ4n) is 3.21. The Bertz CT molecular complexity index is 607. The summed E-state index contributed by atoms with van der Waals surface area (Å²) in [6.45, 7) is 0.977. The first kappa shape index (κ1) is 15.8. The van der Waals surface area contributed by atoms with Crippen LogP contribution in [0.5, 0.6) is 5.75 Å². The normalized spacial score (nSPS) is 23.0. The zero-order valence-corrected chi connectivity index (χ0v) is 13.2. The number of carbonyl (C=O) groups is 1. The topological polar surface area (TPSA) is 77.4 Å². The highest BCUT2D eigenvalue weighted by atomic mass is 16.6. The lowest BCUT2D eigenvalue weighted by Crippen LogP contribution is -2.40. The Balaban J connectivity index is 1.67. The van der Waals surface area contributed by atoms with Crippen LogP contribution in [-0.4, -0.2) is 43.2 Å². The highest BCUT2D eigenvalue weighted by molar-refractivity contribution is 6.01. The molecule has 1 fully saturated rings. The molecule has 2 aliphatic rings. The summed E-state index contributed by atoms with van der Waals surface area (Å²) in [6.07, 6.45) is 1.92. The molecule has 0 saturated carbocycles. The van der Waals surface area contributed by atoms with Gasteiger partial charge < -0.3 is 19.4 Å². The Morgan fingerprint density at radius 3 is 2.91 bits per heavy atom. The van der Waals surface area contributed by atoms with E-state index in [2.05, 4.69) is 5.16 Å². The van der Waals surface area contributed by atoms with E-state index in [9.17, 15) is 9.90 Å². The second-order valence-electron chi connectivity index (χ2n) is 6.10. The van der Waals surface area contributed by atoms with Crippen molar-refractivity contribution in [3.8, 4) is 5.75 Å². The molecule has 0 aliphatic carbocycles. The van der Waals surface area contributed by atoms with Crippen LogP contribution in [0.3, 0.4) is 0 Å². The highest BCUT2D eigenvalue weighted by Crippen LogP contribution is 2.38. The van der Waals surface area contributed by atoms with Crippen molar-refractivity contribution in [3.05, 3.63) is 29.8 Å². The second kappa shape index (κ2) is 6.58. The molecular formula is C17H21NO5. The van der Waals surface area contributed by atoms with Crippen molar-refractivity contribution in [2.45, 2.75) is 31.8 Å². The monoisotopic (exact) mass is 319 g/mol. The number of carboxylic acid groups (broad SMARTS) is 1. The number of aliphatic carboxylic acids is 1. The summed E-state index contributed by atoms with van der Waals surface area (Å²) in [5.74, 6) is -0.000633. The van der Waals surface area contributed by atoms with Crippen LogP contribution in [0.15, 0.2) is 29.4 Å². The zero-order valence-electron chi connectivity index (χ0n) is 13.2. The van der Waals surface area contributed by atoms with E-state index in [1.54, 1.807) is 7.11 Å². The van der Waals surface area contributed by atoms with Gasteiger partial charge in [-0.25, -0.2) is 0 Å². The molecule has 1 saturated heterocycles. The van der Waals surface area contributed by atoms with Gasteiger partial charge in [0.2, 0.25) is 0 Å². The molecule has 0 bridgehead atoms. The molecule has 124 valence electrons. The maximum absolute atomic E-state index is 11.7. The van der Waals surface area contributed by atoms with E-state index in [1.807, 2.05) is 24.3 Å². The standard InChI is InChI=1S/C17H21NO5/c1-21-13-4-2-3-12(9-13)15-10-14(23-18-15)11-17(16(19)20)5-7-22-8-6-17/h2-4,9,14H,5-8,10-11H2,1H3,(H,19,20)/t14-/m0/s1. The molecule has 2 heterocycles. The Hall–Kier alpha value is -2.08. The van der Waals surface area contributed by atoms with Crippen molar-refractivity contribution in [2.24, 2.45) is 10.6 Å². The molecule has 0 aromatic heterocycles. The van der Waals surface area contributed by atoms with Crippen LogP contribution in [0.25, 0.3) is 0 Å². The van der Waals surface area contributed by atoms with Gasteiger partial charge in [0.1, 0.15) is 11.9 Å². The minimum absolute atomic E-state index is 0.203. The van der Waals surface area contributed by atoms with E-state index in [-0.39, 0.29) is 6.10 Å². The third-order valence-electron chi connectivity index (χ3n) is 4.66. The first-order valence-electron chi connectivity index (χ1n) is 7.81. The molecular weight excluding hydrogens is 298 g/mol. The maximum Gasteiger partial charge on any atom is 0.309 e. The number of methoxy groups -OCH3 is 1. The Kier molecular flexibility index (Phi) is 4.52. The van der Waals surface area contributed by atoms with Crippen molar-refractivity contribution >= 4 is 11.7 Å². The SMILES string of the molecule is COc1cccc(C2=NO[C@H](CC3(C(=O)O)CCOCC3)C2)c1. The maximum atomic E-state index is 11.7. The van der Waals surface area contributed by atoms with Crippen molar-refractivity contribution in [1.29, 1.82) is 0 Å². The predicted molar refractivity (Wildman–Crippen MR) is 83.8 cm³/mol. The van der Waals surface area contributed by atoms with Gasteiger partial charge in [0.15, 0.2) is 0 Å². The summed E-state index contributed by atoms with van der Waals surface area (Å²) in [5.41, 5.74) is 1.02. The number of ether oxygens (including phenoxy) is 2. The lowest BCUT2D eigenvalue weighted by Gasteiger charge is -2.34. The fourth-order valence-corrected chi connectivity index (χ4v) is 3.21. The average molecular weight is 319 g/mol. The number of nitrogens with zero attached hydrogens (tertiary/aromatic N) is 1. The molecule has 6 heteroatoms. The number of benzene rings is 1. The van der Waals surface area contributed by atoms with Gasteiger partial charge >= 0.3 is 5.97 Å². The molecule has 1 N–H and O–H groups in total. The number of oxime groups is 1. The lowest BCUT2D eigenvalue weighted by atomic mass is 9.75. The minimum atomic E-state index is -0.765. The molecule has 3 rings (SSSR count). The zero-order chi connectivity index (χ0) is 16.3. The summed E-state index contributed by atoms with van der Waals surface area (Å²) in [6, 6.07) is 7.64. The summed E-state index contributed by atoms with van der Waals surface area (Å²) >= 11 is 0. The molecule has 2 aliphatic heterocycles. The Morgan fingerprint density at radius 1 is 1.43 bits per heavy atom. The van der Waals surface area contributed by atoms with Crippen LogP contribution in [0.1, 0.15) is 31.2 Å². The first-order chi connectivity index (χ1) is 11.1. The molecule has 23 heavy (non-hydrogen) atoms. The summed E-state index contributed by atoms with van der Waals surface area (Å²) < 4.78 is 10.5. The Labute approximate surface area is 135 Å². The van der Waals surface area contributed by atoms with E-state index < -0.39 is 11.4 Å². The van der Waals surface area contributed by atoms with Gasteiger partial charge in [-0.2, -0.15) is 0 Å². The number of rotatable bonds is 5. The molecule has 1 atom stereocenters. The molecule has 1 aromatic carbocycles. The molecule has 0 unspecified atom stereocenters. The van der Waals surface area contributed by atoms with Gasteiger partial charge in [-0.15, -0.1) is 0 Å². The van der Waals surface area contributed by atoms with Crippen LogP contribution in [0, 0.1) is 5.41 Å². The van der Waals surface area contributed by atoms with Crippen LogP contribution < -0.4 is 4.74 Å². The number of carboxylic acids is 1. The van der Waals surface area contributed by atoms with E-state index in [1.165, 1.54) is 0 Å². The highest BCUT2D eigenvalue weighted by Gasteiger charge is 2.43. The van der Waals surface area contributed by atoms with Gasteiger partial charge in [0.25, 0.3) is 0 Å². The van der Waals surface area contributed by atoms with E-state index >= 15 is 0 Å². The van der Waals surface area contributed by atoms with Gasteiger partial charge in [-0.1, -0.05) is 17.3 Å². The van der Waals surface area contributed by atoms with Crippen molar-refractivity contribution < 1.29 is 24.2 Å². The van der Waals surface area contributed by atoms with Crippen LogP contribution in [0.2, 0.25) is 0 Å². The van der Waals surface area contributed by atoms with Gasteiger partial charge in [0, 0.05) is 31.6 Å². The largest absolute Gasteiger partial charge is 0.497 e. The fraction of sp³-hybridized carbons (Fsp3) is 0.529. The smallest absolute Gasteiger partial charge is 0.309 e. The van der Waals surface area contributed by atoms with Crippen molar-refractivity contribution in [2.75, 3.05) is 20.3 Å². The Morgan fingerprint density at radius 2 is 2.22 bits per heavy atom. The summed E-state index contributed by atoms with van der Waals surface area (Å²) in [7, 11) is 1.62. The molecule has 6 nitrogen and oxygen atoms in total. The van der Waals surface area contributed by atoms with E-state index in [4.69, 9.17) is 14.3 Å². The summed E-state index contributed by atoms with van der Waals surface area (Å²) in [4.78, 5) is 17.2. The van der Waals surface area contributed by atoms with Gasteiger partial charge in [-0.05, 0) is 25.0 Å². The number of hydrogen-bond donors (Lipinski definition) is 1. The van der Waals surface area contributed by atoms with Crippen LogP contribution >= 0.6 is 0 Å². The van der Waals surface area contributed by atoms with Gasteiger partial charge in [0.05, 0.1) is 18.2 Å². The quantitative estimate of drug-likeness (QED) is 0.902. The molecule has 0 radical (unpaired) electrons. The second-order valence-corrected chi connectivity index (χ2v) is 6.10. The third kappa shape index (κ3) is 3.32. The molecule has 0 spiro atoms. The average Bonchev–Trinajstić information content (AvgIpc) is 3.04. The van der Waals surface area contributed by atoms with Gasteiger partial charge in [-0.3, -0.25) is 4.79 Å². The van der Waals surface area contributed by atoms with E-state index in [0.29, 0.717) is 38.9 Å². The van der Waals surface area contributed by atoms with Crippen molar-refractivity contribution in [1.82, 2.24) is 0 Å². The van der Waals surface area contributed by atoms with Crippen LogP contribution in [-0.2, 0) is 14.4 Å². The van der Waals surface area contributed by atoms with Crippen LogP contribution in [0.4, 0.5) is 0 Å².